The van der Waals surface area contributed by atoms with Crippen molar-refractivity contribution in [2.24, 2.45) is 19.5 Å². The first-order chi connectivity index (χ1) is 12.5. The number of hydrogen-bond donors (Lipinski definition) is 1. The van der Waals surface area contributed by atoms with Gasteiger partial charge in [0.25, 0.3) is 11.8 Å². The van der Waals surface area contributed by atoms with Gasteiger partial charge in [0.1, 0.15) is 5.69 Å². The standard InChI is InChI=1S/C20H26N4O2/c1-22-11-6-15(14-22)18(25)21-17-5-7-20(17)8-12-24(13-9-20)19(26)16-4-3-10-23(16)2/h3-4,6,10-11,14,17H,5,7-9,12-13H2,1-2H3,(H,21,25). The van der Waals surface area contributed by atoms with Gasteiger partial charge in [0.2, 0.25) is 0 Å². The molecule has 2 aromatic heterocycles. The Morgan fingerprint density at radius 3 is 2.42 bits per heavy atom. The Kier molecular flexibility index (Phi) is 4.13. The first-order valence-electron chi connectivity index (χ1n) is 9.32. The van der Waals surface area contributed by atoms with Crippen LogP contribution in [0, 0.1) is 5.41 Å². The monoisotopic (exact) mass is 354 g/mol. The molecule has 1 unspecified atom stereocenters. The average molecular weight is 354 g/mol. The summed E-state index contributed by atoms with van der Waals surface area (Å²) in [5.41, 5.74) is 1.62. The molecule has 1 atom stereocenters. The fourth-order valence-electron chi connectivity index (χ4n) is 4.40. The fourth-order valence-corrected chi connectivity index (χ4v) is 4.40. The van der Waals surface area contributed by atoms with E-state index in [0.717, 1.165) is 44.5 Å². The maximum atomic E-state index is 12.7. The van der Waals surface area contributed by atoms with E-state index in [0.29, 0.717) is 5.56 Å². The van der Waals surface area contributed by atoms with Gasteiger partial charge in [-0.2, -0.15) is 0 Å². The van der Waals surface area contributed by atoms with Crippen molar-refractivity contribution in [1.29, 1.82) is 0 Å². The van der Waals surface area contributed by atoms with Crippen molar-refractivity contribution in [3.63, 3.8) is 0 Å². The highest BCUT2D eigenvalue weighted by molar-refractivity contribution is 5.94. The second-order valence-corrected chi connectivity index (χ2v) is 7.79. The zero-order valence-corrected chi connectivity index (χ0v) is 15.4. The van der Waals surface area contributed by atoms with Crippen LogP contribution in [0.25, 0.3) is 0 Å². The molecule has 2 aliphatic rings. The molecule has 0 bridgehead atoms. The van der Waals surface area contributed by atoms with Gasteiger partial charge >= 0.3 is 0 Å². The molecule has 2 amide bonds. The second kappa shape index (κ2) is 6.34. The van der Waals surface area contributed by atoms with Crippen molar-refractivity contribution < 1.29 is 9.59 Å². The molecular weight excluding hydrogens is 328 g/mol. The van der Waals surface area contributed by atoms with Crippen LogP contribution in [0.2, 0.25) is 0 Å². The third-order valence-electron chi connectivity index (χ3n) is 6.28. The maximum absolute atomic E-state index is 12.7. The van der Waals surface area contributed by atoms with E-state index in [1.54, 1.807) is 0 Å². The predicted molar refractivity (Wildman–Crippen MR) is 98.9 cm³/mol. The van der Waals surface area contributed by atoms with Crippen LogP contribution in [0.15, 0.2) is 36.8 Å². The van der Waals surface area contributed by atoms with Crippen LogP contribution in [0.5, 0.6) is 0 Å². The average Bonchev–Trinajstić information content (AvgIpc) is 3.26. The van der Waals surface area contributed by atoms with E-state index < -0.39 is 0 Å². The van der Waals surface area contributed by atoms with Gasteiger partial charge in [0, 0.05) is 51.8 Å². The minimum absolute atomic E-state index is 0.0111. The summed E-state index contributed by atoms with van der Waals surface area (Å²) in [5.74, 6) is 0.119. The Bertz CT molecular complexity index is 826. The molecule has 1 aliphatic carbocycles. The third-order valence-corrected chi connectivity index (χ3v) is 6.28. The summed E-state index contributed by atoms with van der Waals surface area (Å²) in [7, 11) is 3.82. The van der Waals surface area contributed by atoms with Crippen LogP contribution in [-0.2, 0) is 14.1 Å². The first kappa shape index (κ1) is 16.9. The number of rotatable bonds is 3. The quantitative estimate of drug-likeness (QED) is 0.918. The number of nitrogens with zero attached hydrogens (tertiary/aromatic N) is 3. The van der Waals surface area contributed by atoms with E-state index >= 15 is 0 Å². The number of hydrogen-bond acceptors (Lipinski definition) is 2. The van der Waals surface area contributed by atoms with E-state index in [2.05, 4.69) is 5.32 Å². The summed E-state index contributed by atoms with van der Waals surface area (Å²) in [6.45, 7) is 1.53. The van der Waals surface area contributed by atoms with E-state index in [-0.39, 0.29) is 23.3 Å². The Balaban J connectivity index is 1.37. The number of carbonyl (C=O) groups is 2. The lowest BCUT2D eigenvalue weighted by molar-refractivity contribution is -0.00258. The molecule has 6 nitrogen and oxygen atoms in total. The number of likely N-dealkylation sites (tertiary alicyclic amines) is 1. The molecule has 2 fully saturated rings. The molecule has 138 valence electrons. The van der Waals surface area contributed by atoms with Crippen LogP contribution < -0.4 is 5.32 Å². The highest BCUT2D eigenvalue weighted by atomic mass is 16.2. The van der Waals surface area contributed by atoms with Gasteiger partial charge in [-0.1, -0.05) is 0 Å². The van der Waals surface area contributed by atoms with E-state index in [9.17, 15) is 9.59 Å². The summed E-state index contributed by atoms with van der Waals surface area (Å²) in [4.78, 5) is 27.1. The number of aryl methyl sites for hydroxylation is 2. The minimum Gasteiger partial charge on any atom is -0.356 e. The molecular formula is C20H26N4O2. The molecule has 6 heteroatoms. The number of piperidine rings is 1. The maximum Gasteiger partial charge on any atom is 0.270 e. The van der Waals surface area contributed by atoms with Gasteiger partial charge in [0.15, 0.2) is 0 Å². The first-order valence-corrected chi connectivity index (χ1v) is 9.32. The van der Waals surface area contributed by atoms with Crippen LogP contribution in [0.4, 0.5) is 0 Å². The molecule has 1 saturated heterocycles. The van der Waals surface area contributed by atoms with Crippen LogP contribution in [-0.4, -0.2) is 45.0 Å². The summed E-state index contributed by atoms with van der Waals surface area (Å²) in [6.07, 6.45) is 9.73. The summed E-state index contributed by atoms with van der Waals surface area (Å²) < 4.78 is 3.76. The normalized spacial score (nSPS) is 21.5. The number of carbonyl (C=O) groups excluding carboxylic acids is 2. The van der Waals surface area contributed by atoms with E-state index in [4.69, 9.17) is 0 Å². The van der Waals surface area contributed by atoms with Gasteiger partial charge < -0.3 is 19.4 Å². The zero-order valence-electron chi connectivity index (χ0n) is 15.4. The van der Waals surface area contributed by atoms with Crippen molar-refractivity contribution in [2.45, 2.75) is 31.7 Å². The minimum atomic E-state index is 0.0111. The lowest BCUT2D eigenvalue weighted by Crippen LogP contribution is -2.59. The summed E-state index contributed by atoms with van der Waals surface area (Å²) >= 11 is 0. The Morgan fingerprint density at radius 2 is 1.88 bits per heavy atom. The lowest BCUT2D eigenvalue weighted by atomic mass is 9.59. The molecule has 3 heterocycles. The second-order valence-electron chi connectivity index (χ2n) is 7.79. The zero-order chi connectivity index (χ0) is 18.3. The Labute approximate surface area is 153 Å². The molecule has 1 aliphatic heterocycles. The predicted octanol–water partition coefficient (Wildman–Crippen LogP) is 2.18. The molecule has 26 heavy (non-hydrogen) atoms. The van der Waals surface area contributed by atoms with Gasteiger partial charge in [-0.05, 0) is 49.3 Å². The smallest absolute Gasteiger partial charge is 0.270 e. The van der Waals surface area contributed by atoms with Gasteiger partial charge in [-0.15, -0.1) is 0 Å². The van der Waals surface area contributed by atoms with Gasteiger partial charge in [0.05, 0.1) is 5.56 Å². The number of nitrogens with one attached hydrogen (secondary N) is 1. The number of aromatic nitrogens is 2. The van der Waals surface area contributed by atoms with Crippen LogP contribution >= 0.6 is 0 Å². The van der Waals surface area contributed by atoms with Crippen LogP contribution in [0.3, 0.4) is 0 Å². The molecule has 0 radical (unpaired) electrons. The molecule has 2 aromatic rings. The van der Waals surface area contributed by atoms with E-state index in [1.807, 2.05) is 64.9 Å². The molecule has 0 aromatic carbocycles. The Morgan fingerprint density at radius 1 is 1.12 bits per heavy atom. The molecule has 1 spiro atoms. The highest BCUT2D eigenvalue weighted by Gasteiger charge is 2.49. The molecule has 1 saturated carbocycles. The van der Waals surface area contributed by atoms with Crippen molar-refractivity contribution in [1.82, 2.24) is 19.4 Å². The van der Waals surface area contributed by atoms with Crippen molar-refractivity contribution >= 4 is 11.8 Å². The fraction of sp³-hybridized carbons (Fsp3) is 0.500. The van der Waals surface area contributed by atoms with Crippen LogP contribution in [0.1, 0.15) is 46.5 Å². The van der Waals surface area contributed by atoms with E-state index in [1.165, 1.54) is 0 Å². The summed E-state index contributed by atoms with van der Waals surface area (Å²) in [5, 5.41) is 3.23. The van der Waals surface area contributed by atoms with Crippen molar-refractivity contribution in [3.05, 3.63) is 48.0 Å². The summed E-state index contributed by atoms with van der Waals surface area (Å²) in [6, 6.07) is 5.85. The topological polar surface area (TPSA) is 59.3 Å². The van der Waals surface area contributed by atoms with Crippen molar-refractivity contribution in [3.8, 4) is 0 Å². The SMILES string of the molecule is Cn1ccc(C(=O)NC2CCC23CCN(C(=O)c2cccn2C)CC3)c1. The van der Waals surface area contributed by atoms with Gasteiger partial charge in [-0.3, -0.25) is 9.59 Å². The third kappa shape index (κ3) is 2.83. The number of amides is 2. The van der Waals surface area contributed by atoms with Gasteiger partial charge in [-0.25, -0.2) is 0 Å². The largest absolute Gasteiger partial charge is 0.356 e. The lowest BCUT2D eigenvalue weighted by Gasteiger charge is -2.54. The molecule has 4 rings (SSSR count). The Hall–Kier alpha value is -2.50. The highest BCUT2D eigenvalue weighted by Crippen LogP contribution is 2.49. The van der Waals surface area contributed by atoms with Crippen molar-refractivity contribution in [2.75, 3.05) is 13.1 Å². The molecule has 1 N–H and O–H groups in total.